The summed E-state index contributed by atoms with van der Waals surface area (Å²) in [7, 11) is -2.54. The van der Waals surface area contributed by atoms with E-state index in [-0.39, 0.29) is 23.6 Å². The molecule has 0 saturated carbocycles. The number of aldehydes is 2. The second-order valence-corrected chi connectivity index (χ2v) is 10.5. The Balaban J connectivity index is 0. The highest BCUT2D eigenvalue weighted by atomic mass is 79.9. The van der Waals surface area contributed by atoms with Crippen LogP contribution in [0.25, 0.3) is 0 Å². The highest BCUT2D eigenvalue weighted by molar-refractivity contribution is 9.10. The minimum absolute atomic E-state index is 0. The van der Waals surface area contributed by atoms with E-state index >= 15 is 0 Å². The topological polar surface area (TPSA) is 157 Å². The number of nitrogens with zero attached hydrogens (tertiary/aromatic N) is 2. The van der Waals surface area contributed by atoms with E-state index in [1.165, 1.54) is 0 Å². The van der Waals surface area contributed by atoms with Gasteiger partial charge in [0.2, 0.25) is 1.43 Å². The zero-order valence-corrected chi connectivity index (χ0v) is 21.8. The van der Waals surface area contributed by atoms with Crippen LogP contribution in [0.1, 0.15) is 73.8 Å². The number of halogens is 1. The molecule has 11 nitrogen and oxygen atoms in total. The normalized spacial score (nSPS) is 12.6. The Morgan fingerprint density at radius 1 is 1.09 bits per heavy atom. The van der Waals surface area contributed by atoms with Crippen molar-refractivity contribution < 1.29 is 39.2 Å². The van der Waals surface area contributed by atoms with Crippen molar-refractivity contribution in [2.45, 2.75) is 60.2 Å². The minimum Gasteiger partial charge on any atom is -0.444 e. The average Bonchev–Trinajstić information content (AvgIpc) is 3.25. The molecule has 0 bridgehead atoms. The number of anilines is 2. The number of hydrogen-bond donors (Lipinski definition) is 3. The van der Waals surface area contributed by atoms with Crippen LogP contribution in [0, 0.1) is 0 Å². The van der Waals surface area contributed by atoms with Gasteiger partial charge in [-0.1, -0.05) is 30.1 Å². The van der Waals surface area contributed by atoms with Crippen molar-refractivity contribution in [2.75, 3.05) is 17.7 Å². The van der Waals surface area contributed by atoms with Gasteiger partial charge in [-0.25, -0.2) is 19.6 Å². The molecule has 14 heteroatoms. The Labute approximate surface area is 222 Å². The summed E-state index contributed by atoms with van der Waals surface area (Å²) < 4.78 is 41.8. The maximum absolute atomic E-state index is 11.4. The fourth-order valence-corrected chi connectivity index (χ4v) is 3.44. The van der Waals surface area contributed by atoms with Gasteiger partial charge >= 0.3 is 12.2 Å². The molecular formula is C20H31BrN4O7S2. The van der Waals surface area contributed by atoms with Gasteiger partial charge in [0.25, 0.3) is 0 Å². The van der Waals surface area contributed by atoms with Crippen molar-refractivity contribution in [1.29, 1.82) is 1.43 Å². The van der Waals surface area contributed by atoms with E-state index in [0.717, 1.165) is 22.7 Å². The van der Waals surface area contributed by atoms with Crippen LogP contribution in [0.3, 0.4) is 0 Å². The predicted octanol–water partition coefficient (Wildman–Crippen LogP) is 5.61. The highest BCUT2D eigenvalue weighted by Gasteiger charge is 2.18. The van der Waals surface area contributed by atoms with Crippen LogP contribution in [0.15, 0.2) is 10.8 Å². The lowest BCUT2D eigenvalue weighted by atomic mass is 10.2. The average molecular weight is 589 g/mol. The first kappa shape index (κ1) is 24.7. The van der Waals surface area contributed by atoms with Crippen molar-refractivity contribution in [3.05, 3.63) is 20.5 Å². The molecule has 2 heterocycles. The number of carbonyl (C=O) groups excluding carboxylic acids is 4. The third kappa shape index (κ3) is 14.7. The number of hydrogen-bond acceptors (Lipinski definition) is 11. The predicted molar refractivity (Wildman–Crippen MR) is 137 cm³/mol. The summed E-state index contributed by atoms with van der Waals surface area (Å²) in [6.45, 7) is 10.5. The smallest absolute Gasteiger partial charge is 0.413 e. The Bertz CT molecular complexity index is 1020. The van der Waals surface area contributed by atoms with Gasteiger partial charge in [-0.2, -0.15) is 0 Å². The van der Waals surface area contributed by atoms with Gasteiger partial charge in [-0.05, 0) is 57.5 Å². The van der Waals surface area contributed by atoms with Crippen molar-refractivity contribution in [3.8, 4) is 0 Å². The van der Waals surface area contributed by atoms with Crippen LogP contribution in [-0.2, 0) is 9.47 Å². The summed E-state index contributed by atoms with van der Waals surface area (Å²) in [5.41, 5.74) is -1.16. The molecule has 2 aromatic rings. The zero-order valence-electron chi connectivity index (χ0n) is 23.6. The molecule has 34 heavy (non-hydrogen) atoms. The summed E-state index contributed by atoms with van der Waals surface area (Å²) in [4.78, 5) is 51.9. The fourth-order valence-electron chi connectivity index (χ4n) is 1.58. The number of nitrogens with one attached hydrogen (secondary N) is 2. The fraction of sp³-hybridized carbons (Fsp3) is 0.500. The van der Waals surface area contributed by atoms with Gasteiger partial charge in [0.1, 0.15) is 20.7 Å². The monoisotopic (exact) mass is 587 g/mol. The number of thiazole rings is 2. The second kappa shape index (κ2) is 15.5. The lowest BCUT2D eigenvalue weighted by Gasteiger charge is -2.18. The lowest BCUT2D eigenvalue weighted by molar-refractivity contribution is 0.0624. The first-order valence-corrected chi connectivity index (χ1v) is 11.3. The van der Waals surface area contributed by atoms with Crippen LogP contribution in [-0.4, -0.2) is 59.5 Å². The summed E-state index contributed by atoms with van der Waals surface area (Å²) in [5, 5.41) is 8.50. The molecule has 0 aromatic carbocycles. The molecule has 0 atom stereocenters. The van der Waals surface area contributed by atoms with Gasteiger partial charge in [0.05, 0.1) is 16.5 Å². The molecule has 0 unspecified atom stereocenters. The second-order valence-electron chi connectivity index (χ2n) is 7.66. The third-order valence-corrected chi connectivity index (χ3v) is 5.07. The van der Waals surface area contributed by atoms with Crippen LogP contribution in [0.4, 0.5) is 19.9 Å². The zero-order chi connectivity index (χ0) is 29.9. The van der Waals surface area contributed by atoms with Crippen LogP contribution < -0.4 is 10.6 Å². The van der Waals surface area contributed by atoms with Gasteiger partial charge in [-0.3, -0.25) is 20.2 Å². The van der Waals surface area contributed by atoms with Crippen LogP contribution >= 0.6 is 38.6 Å². The number of carbonyl (C=O) groups is 4. The lowest BCUT2D eigenvalue weighted by Crippen LogP contribution is -2.27. The van der Waals surface area contributed by atoms with Crippen molar-refractivity contribution in [1.82, 2.24) is 9.97 Å². The largest absolute Gasteiger partial charge is 0.444 e. The Kier molecular flexibility index (Phi) is 11.2. The van der Waals surface area contributed by atoms with Gasteiger partial charge in [-0.15, -0.1) is 0 Å². The molecule has 0 radical (unpaired) electrons. The van der Waals surface area contributed by atoms with Gasteiger partial charge in [0, 0.05) is 7.04 Å². The summed E-state index contributed by atoms with van der Waals surface area (Å²) in [6.07, 6.45) is -0.196. The van der Waals surface area contributed by atoms with Crippen molar-refractivity contribution >= 4 is 73.6 Å². The maximum atomic E-state index is 11.4. The maximum Gasteiger partial charge on any atom is 0.413 e. The molecular weight excluding hydrogens is 552 g/mol. The SMILES string of the molecule is C.CC(C)(C)OC(=O)Nc1nc(Br)c(C=O)s1.[2H]OC([2H])([2H])[2H].[2H]c1nc(NC(=O)OC(C)(C)C)sc1C=O. The summed E-state index contributed by atoms with van der Waals surface area (Å²) in [5.74, 6) is 0. The summed E-state index contributed by atoms with van der Waals surface area (Å²) >= 11 is 5.12. The molecule has 3 N–H and O–H groups in total. The van der Waals surface area contributed by atoms with E-state index in [1.807, 2.05) is 0 Å². The number of aliphatic hydroxyl groups is 1. The first-order valence-electron chi connectivity index (χ1n) is 11.3. The van der Waals surface area contributed by atoms with E-state index in [4.69, 9.17) is 16.4 Å². The van der Waals surface area contributed by atoms with Crippen molar-refractivity contribution in [3.63, 3.8) is 0 Å². The number of aromatic nitrogens is 2. The quantitative estimate of drug-likeness (QED) is 0.386. The molecule has 0 fully saturated rings. The van der Waals surface area contributed by atoms with E-state index < -0.39 is 30.4 Å². The highest BCUT2D eigenvalue weighted by Crippen LogP contribution is 2.26. The van der Waals surface area contributed by atoms with Crippen molar-refractivity contribution in [2.24, 2.45) is 0 Å². The van der Waals surface area contributed by atoms with E-state index in [1.54, 1.807) is 41.5 Å². The standard InChI is InChI=1S/C9H11BrN2O3S.C9H12N2O3S.CH4O.CH4/c1-9(2,3)15-8(14)12-7-11-6(10)5(4-13)16-7;1-9(2,3)14-8(13)11-7-10-4-6(5-12)15-7;1-2;/h4H,1-3H3,(H,11,12,14);4-5H,1-3H3,(H,10,11,13);2H,1H3;1H4/i;4D;1D3,2D;. The van der Waals surface area contributed by atoms with E-state index in [2.05, 4.69) is 41.6 Å². The van der Waals surface area contributed by atoms with E-state index in [0.29, 0.717) is 27.2 Å². The molecule has 0 aliphatic carbocycles. The molecule has 0 saturated heterocycles. The van der Waals surface area contributed by atoms with Crippen LogP contribution in [0.5, 0.6) is 0 Å². The van der Waals surface area contributed by atoms with Crippen LogP contribution in [0.2, 0.25) is 0 Å². The molecule has 0 aliphatic rings. The molecule has 192 valence electrons. The molecule has 0 aliphatic heterocycles. The van der Waals surface area contributed by atoms with Gasteiger partial charge in [0.15, 0.2) is 22.8 Å². The third-order valence-electron chi connectivity index (χ3n) is 2.51. The number of rotatable bonds is 4. The molecule has 2 amide bonds. The van der Waals surface area contributed by atoms with Gasteiger partial charge < -0.3 is 14.6 Å². The molecule has 2 aromatic heterocycles. The number of ether oxygens (including phenoxy) is 2. The first-order chi connectivity index (χ1) is 17.2. The molecule has 0 spiro atoms. The summed E-state index contributed by atoms with van der Waals surface area (Å²) in [6, 6.07) is 0. The Hall–Kier alpha value is -2.42. The Morgan fingerprint density at radius 2 is 1.59 bits per heavy atom. The van der Waals surface area contributed by atoms with E-state index in [9.17, 15) is 19.2 Å². The minimum atomic E-state index is -2.54. The Morgan fingerprint density at radius 3 is 1.94 bits per heavy atom. The molecule has 2 rings (SSSR count). The number of amides is 2.